The van der Waals surface area contributed by atoms with Gasteiger partial charge in [0.1, 0.15) is 17.3 Å². The summed E-state index contributed by atoms with van der Waals surface area (Å²) in [6, 6.07) is 18.0. The van der Waals surface area contributed by atoms with Crippen LogP contribution in [0.2, 0.25) is 0 Å². The molecule has 2 aliphatic heterocycles. The summed E-state index contributed by atoms with van der Waals surface area (Å²) in [5.74, 6) is -0.810. The molecule has 2 aliphatic rings. The Bertz CT molecular complexity index is 1500. The van der Waals surface area contributed by atoms with Crippen molar-refractivity contribution in [3.63, 3.8) is 0 Å². The summed E-state index contributed by atoms with van der Waals surface area (Å²) < 4.78 is 25.7. The number of anilines is 1. The van der Waals surface area contributed by atoms with E-state index in [0.29, 0.717) is 36.6 Å². The summed E-state index contributed by atoms with van der Waals surface area (Å²) >= 11 is 0. The minimum atomic E-state index is -0.882. The number of likely N-dealkylation sites (tertiary alicyclic amines) is 1. The van der Waals surface area contributed by atoms with Crippen LogP contribution in [-0.2, 0) is 22.4 Å². The topological polar surface area (TPSA) is 79.3 Å². The highest BCUT2D eigenvalue weighted by molar-refractivity contribution is 5.95. The summed E-state index contributed by atoms with van der Waals surface area (Å²) in [5, 5.41) is 10.7. The van der Waals surface area contributed by atoms with Crippen LogP contribution in [0.15, 0.2) is 60.7 Å². The third-order valence-corrected chi connectivity index (χ3v) is 9.43. The van der Waals surface area contributed by atoms with Gasteiger partial charge in [-0.1, -0.05) is 57.0 Å². The largest absolute Gasteiger partial charge is 0.496 e. The number of hydrogen-bond donors (Lipinski definition) is 1. The second-order valence-corrected chi connectivity index (χ2v) is 12.4. The lowest BCUT2D eigenvalue weighted by atomic mass is 9.82. The molecule has 1 amide bonds. The first-order valence-electron chi connectivity index (χ1n) is 16.2. The van der Waals surface area contributed by atoms with E-state index in [1.807, 2.05) is 41.3 Å². The summed E-state index contributed by atoms with van der Waals surface area (Å²) in [6.07, 6.45) is 4.65. The zero-order chi connectivity index (χ0) is 32.1. The monoisotopic (exact) mass is 616 g/mol. The van der Waals surface area contributed by atoms with Crippen molar-refractivity contribution in [1.29, 1.82) is 0 Å². The molecule has 45 heavy (non-hydrogen) atoms. The maximum absolute atomic E-state index is 14.5. The minimum absolute atomic E-state index is 0.0459. The van der Waals surface area contributed by atoms with Crippen molar-refractivity contribution in [2.75, 3.05) is 31.7 Å². The summed E-state index contributed by atoms with van der Waals surface area (Å²) in [6.45, 7) is 7.02. The van der Waals surface area contributed by atoms with Crippen molar-refractivity contribution >= 4 is 17.6 Å². The van der Waals surface area contributed by atoms with Gasteiger partial charge in [0.25, 0.3) is 0 Å². The lowest BCUT2D eigenvalue weighted by Crippen LogP contribution is -2.48. The molecule has 240 valence electrons. The second-order valence-electron chi connectivity index (χ2n) is 12.4. The van der Waals surface area contributed by atoms with Crippen LogP contribution in [0, 0.1) is 18.7 Å². The number of para-hydroxylation sites is 1. The van der Waals surface area contributed by atoms with Gasteiger partial charge in [-0.3, -0.25) is 14.5 Å². The minimum Gasteiger partial charge on any atom is -0.496 e. The first-order chi connectivity index (χ1) is 21.7. The number of amides is 1. The Hall–Kier alpha value is -3.91. The highest BCUT2D eigenvalue weighted by Gasteiger charge is 2.48. The molecule has 1 saturated heterocycles. The molecule has 8 heteroatoms. The predicted molar refractivity (Wildman–Crippen MR) is 174 cm³/mol. The average Bonchev–Trinajstić information content (AvgIpc) is 3.64. The summed E-state index contributed by atoms with van der Waals surface area (Å²) in [4.78, 5) is 31.5. The number of aryl methyl sites for hydroxylation is 1. The average molecular weight is 617 g/mol. The quantitative estimate of drug-likeness (QED) is 0.228. The van der Waals surface area contributed by atoms with Crippen LogP contribution in [0.4, 0.5) is 10.1 Å². The second kappa shape index (κ2) is 14.5. The van der Waals surface area contributed by atoms with Crippen molar-refractivity contribution in [1.82, 2.24) is 4.90 Å². The van der Waals surface area contributed by atoms with E-state index in [1.54, 1.807) is 26.2 Å². The van der Waals surface area contributed by atoms with Gasteiger partial charge in [0.2, 0.25) is 5.91 Å². The Balaban J connectivity index is 1.54. The first kappa shape index (κ1) is 32.5. The van der Waals surface area contributed by atoms with Crippen LogP contribution >= 0.6 is 0 Å². The van der Waals surface area contributed by atoms with Gasteiger partial charge in [0, 0.05) is 36.7 Å². The molecule has 0 spiro atoms. The standard InChI is InChI=1S/C37H45FN2O5/c1-5-9-28(10-6-2)40(29-14-15-31(38)24(3)19-29)35(41)23-39-22-30(25-13-16-34-27(20-25)17-18-45-34)36(37(42)43)32(39)21-26-11-7-8-12-33(26)44-4/h7-8,11-16,19-20,28,30,32,36H,5-6,9-10,17-18,21-23H2,1-4H3,(H,42,43). The zero-order valence-electron chi connectivity index (χ0n) is 26.8. The number of aliphatic carboxylic acids is 1. The fraction of sp³-hybridized carbons (Fsp3) is 0.459. The molecule has 0 radical (unpaired) electrons. The van der Waals surface area contributed by atoms with Crippen LogP contribution in [0.1, 0.15) is 67.7 Å². The normalized spacial score (nSPS) is 19.4. The van der Waals surface area contributed by atoms with Gasteiger partial charge in [0.15, 0.2) is 0 Å². The van der Waals surface area contributed by atoms with E-state index in [4.69, 9.17) is 9.47 Å². The molecular weight excluding hydrogens is 571 g/mol. The molecule has 0 bridgehead atoms. The van der Waals surface area contributed by atoms with Crippen LogP contribution in [0.5, 0.6) is 11.5 Å². The van der Waals surface area contributed by atoms with Crippen LogP contribution in [0.3, 0.4) is 0 Å². The predicted octanol–water partition coefficient (Wildman–Crippen LogP) is 6.79. The van der Waals surface area contributed by atoms with E-state index in [0.717, 1.165) is 54.5 Å². The molecule has 3 aromatic rings. The lowest BCUT2D eigenvalue weighted by Gasteiger charge is -2.35. The maximum atomic E-state index is 14.5. The Labute approximate surface area is 265 Å². The van der Waals surface area contributed by atoms with E-state index < -0.39 is 17.9 Å². The molecule has 0 saturated carbocycles. The van der Waals surface area contributed by atoms with E-state index in [-0.39, 0.29) is 30.2 Å². The number of ether oxygens (including phenoxy) is 2. The van der Waals surface area contributed by atoms with Gasteiger partial charge in [-0.2, -0.15) is 0 Å². The molecule has 0 aliphatic carbocycles. The van der Waals surface area contributed by atoms with Gasteiger partial charge in [-0.15, -0.1) is 0 Å². The number of benzene rings is 3. The Morgan fingerprint density at radius 3 is 2.53 bits per heavy atom. The number of carboxylic acids is 1. The van der Waals surface area contributed by atoms with Crippen molar-refractivity contribution in [3.05, 3.63) is 88.7 Å². The smallest absolute Gasteiger partial charge is 0.308 e. The highest BCUT2D eigenvalue weighted by atomic mass is 19.1. The molecule has 0 aromatic heterocycles. The Morgan fingerprint density at radius 2 is 1.84 bits per heavy atom. The molecule has 3 atom stereocenters. The summed E-state index contributed by atoms with van der Waals surface area (Å²) in [7, 11) is 1.61. The third kappa shape index (κ3) is 7.01. The molecule has 1 fully saturated rings. The number of methoxy groups -OCH3 is 1. The highest BCUT2D eigenvalue weighted by Crippen LogP contribution is 2.42. The number of fused-ring (bicyclic) bond motifs is 1. The van der Waals surface area contributed by atoms with Crippen molar-refractivity contribution < 1.29 is 28.6 Å². The number of carbonyl (C=O) groups is 2. The number of halogens is 1. The van der Waals surface area contributed by atoms with E-state index in [1.165, 1.54) is 6.07 Å². The molecule has 5 rings (SSSR count). The first-order valence-corrected chi connectivity index (χ1v) is 16.2. The number of carbonyl (C=O) groups excluding carboxylic acids is 1. The van der Waals surface area contributed by atoms with E-state index in [9.17, 15) is 19.1 Å². The van der Waals surface area contributed by atoms with Crippen molar-refractivity contribution in [2.24, 2.45) is 5.92 Å². The number of nitrogens with zero attached hydrogens (tertiary/aromatic N) is 2. The van der Waals surface area contributed by atoms with Gasteiger partial charge in [-0.25, -0.2) is 4.39 Å². The molecular formula is C37H45FN2O5. The maximum Gasteiger partial charge on any atom is 0.308 e. The number of hydrogen-bond acceptors (Lipinski definition) is 5. The van der Waals surface area contributed by atoms with Gasteiger partial charge in [-0.05, 0) is 78.8 Å². The van der Waals surface area contributed by atoms with Gasteiger partial charge < -0.3 is 19.5 Å². The van der Waals surface area contributed by atoms with E-state index in [2.05, 4.69) is 24.8 Å². The molecule has 3 aromatic carbocycles. The summed E-state index contributed by atoms with van der Waals surface area (Å²) in [5.41, 5.74) is 4.10. The number of rotatable bonds is 13. The number of carboxylic acid groups (broad SMARTS) is 1. The van der Waals surface area contributed by atoms with Crippen molar-refractivity contribution in [3.8, 4) is 11.5 Å². The van der Waals surface area contributed by atoms with Gasteiger partial charge >= 0.3 is 5.97 Å². The molecule has 1 N–H and O–H groups in total. The lowest BCUT2D eigenvalue weighted by molar-refractivity contribution is -0.143. The van der Waals surface area contributed by atoms with Crippen LogP contribution in [-0.4, -0.2) is 60.8 Å². The fourth-order valence-electron chi connectivity index (χ4n) is 7.27. The molecule has 2 heterocycles. The molecule has 7 nitrogen and oxygen atoms in total. The van der Waals surface area contributed by atoms with Crippen LogP contribution in [0.25, 0.3) is 0 Å². The molecule has 3 unspecified atom stereocenters. The zero-order valence-corrected chi connectivity index (χ0v) is 26.8. The van der Waals surface area contributed by atoms with Crippen molar-refractivity contribution in [2.45, 2.75) is 77.3 Å². The third-order valence-electron chi connectivity index (χ3n) is 9.43. The SMILES string of the molecule is CCCC(CCC)N(C(=O)CN1CC(c2ccc3c(c2)CCO3)C(C(=O)O)C1Cc1ccccc1OC)c1ccc(F)c(C)c1. The van der Waals surface area contributed by atoms with E-state index >= 15 is 0 Å². The van der Waals surface area contributed by atoms with Gasteiger partial charge in [0.05, 0.1) is 26.2 Å². The Kier molecular flexibility index (Phi) is 10.4. The van der Waals surface area contributed by atoms with Crippen LogP contribution < -0.4 is 14.4 Å². The Morgan fingerprint density at radius 1 is 1.09 bits per heavy atom. The fourth-order valence-corrected chi connectivity index (χ4v) is 7.27.